The molecule has 0 radical (unpaired) electrons. The van der Waals surface area contributed by atoms with E-state index in [4.69, 9.17) is 27.7 Å². The third-order valence-corrected chi connectivity index (χ3v) is 16.5. The average molecular weight is 760 g/mol. The fourth-order valence-corrected chi connectivity index (χ4v) is 15.4. The van der Waals surface area contributed by atoms with Crippen molar-refractivity contribution in [3.05, 3.63) is 35.9 Å². The molecule has 6 nitrogen and oxygen atoms in total. The summed E-state index contributed by atoms with van der Waals surface area (Å²) in [6.45, 7) is 34.2. The first-order valence-electron chi connectivity index (χ1n) is 19.9. The molecule has 0 aliphatic heterocycles. The molecule has 5 rings (SSSR count). The Morgan fingerprint density at radius 3 is 2.02 bits per heavy atom. The van der Waals surface area contributed by atoms with Gasteiger partial charge in [-0.2, -0.15) is 0 Å². The zero-order valence-electron chi connectivity index (χ0n) is 34.4. The molecule has 4 aliphatic rings. The lowest BCUT2D eigenvalue weighted by molar-refractivity contribution is -0.183. The molecule has 0 unspecified atom stereocenters. The Balaban J connectivity index is 1.56. The van der Waals surface area contributed by atoms with E-state index in [1.54, 1.807) is 0 Å². The van der Waals surface area contributed by atoms with Gasteiger partial charge in [-0.3, -0.25) is 0 Å². The van der Waals surface area contributed by atoms with Crippen molar-refractivity contribution in [2.75, 3.05) is 6.61 Å². The molecule has 0 amide bonds. The number of oxime groups is 1. The van der Waals surface area contributed by atoms with Crippen molar-refractivity contribution in [3.63, 3.8) is 0 Å². The molecule has 0 aromatic heterocycles. The van der Waals surface area contributed by atoms with Gasteiger partial charge in [-0.25, -0.2) is 0 Å². The molecule has 0 spiro atoms. The van der Waals surface area contributed by atoms with E-state index in [-0.39, 0.29) is 16.9 Å². The Labute approximate surface area is 310 Å². The summed E-state index contributed by atoms with van der Waals surface area (Å²) >= 11 is 0. The Morgan fingerprint density at radius 1 is 0.760 bits per heavy atom. The van der Waals surface area contributed by atoms with Gasteiger partial charge in [0.15, 0.2) is 33.3 Å². The molecule has 0 heterocycles. The van der Waals surface area contributed by atoms with Crippen LogP contribution in [0.1, 0.15) is 70.8 Å². The Kier molecular flexibility index (Phi) is 11.8. The van der Waals surface area contributed by atoms with Gasteiger partial charge < -0.3 is 22.5 Å². The molecule has 0 bridgehead atoms. The van der Waals surface area contributed by atoms with Crippen molar-refractivity contribution >= 4 is 39.0 Å². The highest BCUT2D eigenvalue weighted by molar-refractivity contribution is 6.71. The molecule has 4 fully saturated rings. The third-order valence-electron chi connectivity index (χ3n) is 12.5. The van der Waals surface area contributed by atoms with Gasteiger partial charge in [-0.15, -0.1) is 0 Å². The Hall–Kier alpha value is -0.602. The molecule has 284 valence electrons. The number of nitrogens with zero attached hydrogens (tertiary/aromatic N) is 1. The van der Waals surface area contributed by atoms with Gasteiger partial charge in [0.2, 0.25) is 0 Å². The van der Waals surface area contributed by atoms with Gasteiger partial charge in [0.1, 0.15) is 17.9 Å². The molecule has 4 saturated carbocycles. The van der Waals surface area contributed by atoms with Crippen LogP contribution in [0.15, 0.2) is 35.5 Å². The number of rotatable bonds is 13. The molecular formula is C40H73NO5Si4. The minimum atomic E-state index is -2.06. The Bertz CT molecular complexity index is 1330. The largest absolute Gasteiger partial charge is 0.415 e. The molecule has 1 aromatic carbocycles. The first-order valence-corrected chi connectivity index (χ1v) is 33.5. The second-order valence-electron chi connectivity index (χ2n) is 20.9. The maximum Gasteiger partial charge on any atom is 0.185 e. The van der Waals surface area contributed by atoms with Gasteiger partial charge in [-0.05, 0) is 165 Å². The van der Waals surface area contributed by atoms with E-state index in [0.717, 1.165) is 30.5 Å². The molecule has 10 heteroatoms. The third kappa shape index (κ3) is 9.01. The SMILES string of the molecule is C[C@]12CC[C@@H](O[Si](C)(C)C)C[C@H]1CC[C@@H]1[C@@H]2[C@@H](O[Si](C)(C)C)C[C@@]2(C)[C@H]1CC[C@]2(O[Si](C)(C)C)/C(CO[Si](C)(C)C)=N\OCc1ccccc1. The van der Waals surface area contributed by atoms with Crippen LogP contribution in [-0.4, -0.2) is 63.4 Å². The topological polar surface area (TPSA) is 58.5 Å². The first-order chi connectivity index (χ1) is 22.9. The van der Waals surface area contributed by atoms with Gasteiger partial charge in [0.25, 0.3) is 0 Å². The molecule has 1 aromatic rings. The smallest absolute Gasteiger partial charge is 0.185 e. The number of hydrogen-bond donors (Lipinski definition) is 0. The van der Waals surface area contributed by atoms with Crippen molar-refractivity contribution < 1.29 is 22.5 Å². The summed E-state index contributed by atoms with van der Waals surface area (Å²) in [4.78, 5) is 6.29. The van der Waals surface area contributed by atoms with E-state index < -0.39 is 38.9 Å². The van der Waals surface area contributed by atoms with Crippen LogP contribution in [0.2, 0.25) is 78.6 Å². The van der Waals surface area contributed by atoms with Gasteiger partial charge in [0.05, 0.1) is 6.61 Å². The van der Waals surface area contributed by atoms with Crippen molar-refractivity contribution in [1.29, 1.82) is 0 Å². The van der Waals surface area contributed by atoms with Crippen LogP contribution < -0.4 is 0 Å². The summed E-state index contributed by atoms with van der Waals surface area (Å²) in [7, 11) is -7.39. The van der Waals surface area contributed by atoms with E-state index in [1.165, 1.54) is 32.1 Å². The zero-order valence-corrected chi connectivity index (χ0v) is 38.4. The van der Waals surface area contributed by atoms with Crippen molar-refractivity contribution in [2.45, 2.75) is 168 Å². The van der Waals surface area contributed by atoms with Crippen LogP contribution >= 0.6 is 0 Å². The first kappa shape index (κ1) is 40.6. The summed E-state index contributed by atoms with van der Waals surface area (Å²) in [5, 5.41) is 5.09. The molecule has 0 N–H and O–H groups in total. The van der Waals surface area contributed by atoms with E-state index in [9.17, 15) is 0 Å². The van der Waals surface area contributed by atoms with Crippen molar-refractivity contribution in [3.8, 4) is 0 Å². The van der Waals surface area contributed by atoms with E-state index in [0.29, 0.717) is 43.0 Å². The van der Waals surface area contributed by atoms with E-state index in [2.05, 4.69) is 117 Å². The lowest BCUT2D eigenvalue weighted by atomic mass is 9.43. The second kappa shape index (κ2) is 14.6. The van der Waals surface area contributed by atoms with Crippen LogP contribution in [0, 0.1) is 34.5 Å². The van der Waals surface area contributed by atoms with E-state index in [1.807, 2.05) is 6.07 Å². The van der Waals surface area contributed by atoms with Gasteiger partial charge >= 0.3 is 0 Å². The van der Waals surface area contributed by atoms with Crippen LogP contribution in [0.3, 0.4) is 0 Å². The summed E-state index contributed by atoms with van der Waals surface area (Å²) in [5.41, 5.74) is 1.67. The predicted octanol–water partition coefficient (Wildman–Crippen LogP) is 11.1. The number of hydrogen-bond acceptors (Lipinski definition) is 6. The zero-order chi connectivity index (χ0) is 37.0. The van der Waals surface area contributed by atoms with Crippen LogP contribution in [0.4, 0.5) is 0 Å². The summed E-state index contributed by atoms with van der Waals surface area (Å²) in [6.07, 6.45) is 10.0. The maximum absolute atomic E-state index is 7.65. The highest BCUT2D eigenvalue weighted by Crippen LogP contribution is 2.70. The predicted molar refractivity (Wildman–Crippen MR) is 219 cm³/mol. The lowest BCUT2D eigenvalue weighted by Crippen LogP contribution is -2.66. The molecule has 9 atom stereocenters. The van der Waals surface area contributed by atoms with Crippen LogP contribution in [0.5, 0.6) is 0 Å². The minimum Gasteiger partial charge on any atom is -0.415 e. The standard InChI is InChI=1S/C40H73NO5Si4/c1-38-24-22-32(44-48(6,7)8)26-31(38)20-21-33-34-23-25-40(46-50(12,13)14,39(34,2)27-35(37(33)38)45-49(9,10)11)36(29-43-47(3,4)5)41-42-28-30-18-16-15-17-19-30/h15-19,31-35,37H,20-29H2,1-14H3/b41-36-/t31-,32-,33+,34+,35+,37-,38+,39+,40+/m1/s1. The minimum absolute atomic E-state index is 0.141. The van der Waals surface area contributed by atoms with Gasteiger partial charge in [-0.1, -0.05) is 49.3 Å². The molecular weight excluding hydrogens is 687 g/mol. The summed E-state index contributed by atoms with van der Waals surface area (Å²) < 4.78 is 28.6. The molecule has 0 saturated heterocycles. The van der Waals surface area contributed by atoms with Gasteiger partial charge in [0, 0.05) is 17.6 Å². The highest BCUT2D eigenvalue weighted by atomic mass is 28.4. The molecule has 4 aliphatic carbocycles. The maximum atomic E-state index is 7.65. The Morgan fingerprint density at radius 2 is 1.42 bits per heavy atom. The lowest BCUT2D eigenvalue weighted by Gasteiger charge is -2.65. The normalized spacial score (nSPS) is 36.8. The fraction of sp³-hybridized carbons (Fsp3) is 0.825. The second-order valence-corrected chi connectivity index (χ2v) is 38.7. The van der Waals surface area contributed by atoms with Crippen molar-refractivity contribution in [1.82, 2.24) is 0 Å². The molecule has 50 heavy (non-hydrogen) atoms. The van der Waals surface area contributed by atoms with Crippen LogP contribution in [-0.2, 0) is 29.1 Å². The van der Waals surface area contributed by atoms with Crippen molar-refractivity contribution in [2.24, 2.45) is 39.7 Å². The monoisotopic (exact) mass is 759 g/mol. The number of fused-ring (bicyclic) bond motifs is 5. The van der Waals surface area contributed by atoms with Crippen LogP contribution in [0.25, 0.3) is 0 Å². The quantitative estimate of drug-likeness (QED) is 0.114. The average Bonchev–Trinajstić information content (AvgIpc) is 3.24. The number of benzene rings is 1. The highest BCUT2D eigenvalue weighted by Gasteiger charge is 2.70. The summed E-state index contributed by atoms with van der Waals surface area (Å²) in [5.74, 6) is 2.43. The summed E-state index contributed by atoms with van der Waals surface area (Å²) in [6, 6.07) is 10.4. The van der Waals surface area contributed by atoms with E-state index >= 15 is 0 Å². The fourth-order valence-electron chi connectivity index (χ4n) is 11.0.